The molecule has 1 fully saturated rings. The predicted octanol–water partition coefficient (Wildman–Crippen LogP) is 2.58. The minimum atomic E-state index is -3.56. The first-order valence-electron chi connectivity index (χ1n) is 9.37. The lowest BCUT2D eigenvalue weighted by Gasteiger charge is -2.30. The molecule has 0 spiro atoms. The van der Waals surface area contributed by atoms with Crippen LogP contribution in [0.1, 0.15) is 31.0 Å². The monoisotopic (exact) mass is 424 g/mol. The fraction of sp³-hybridized carbons (Fsp3) is 0.474. The number of aryl methyl sites for hydroxylation is 2. The summed E-state index contributed by atoms with van der Waals surface area (Å²) in [4.78, 5) is 12.7. The van der Waals surface area contributed by atoms with E-state index in [1.165, 1.54) is 16.4 Å². The van der Waals surface area contributed by atoms with Crippen molar-refractivity contribution in [1.82, 2.24) is 19.4 Å². The Morgan fingerprint density at radius 3 is 2.46 bits per heavy atom. The van der Waals surface area contributed by atoms with Crippen LogP contribution >= 0.6 is 11.6 Å². The maximum Gasteiger partial charge on any atom is 0.243 e. The first-order valence-corrected chi connectivity index (χ1v) is 11.2. The van der Waals surface area contributed by atoms with Crippen LogP contribution in [-0.2, 0) is 27.9 Å². The average molecular weight is 425 g/mol. The van der Waals surface area contributed by atoms with Crippen molar-refractivity contribution in [2.24, 2.45) is 5.92 Å². The summed E-state index contributed by atoms with van der Waals surface area (Å²) in [7, 11) is -3.56. The van der Waals surface area contributed by atoms with E-state index in [4.69, 9.17) is 11.6 Å². The van der Waals surface area contributed by atoms with E-state index in [-0.39, 0.29) is 16.7 Å². The lowest BCUT2D eigenvalue weighted by molar-refractivity contribution is -0.126. The molecule has 1 N–H and O–H groups in total. The standard InChI is InChI=1S/C19H25ClN4O3S/c1-3-23-13-16(14(2)22-23)12-21-19(25)15-8-10-24(11-9-15)28(26,27)18-6-4-17(20)5-7-18/h4-7,13,15H,3,8-12H2,1-2H3,(H,21,25). The third kappa shape index (κ3) is 4.56. The first-order chi connectivity index (χ1) is 13.3. The molecule has 0 bridgehead atoms. The summed E-state index contributed by atoms with van der Waals surface area (Å²) >= 11 is 5.84. The van der Waals surface area contributed by atoms with Gasteiger partial charge < -0.3 is 5.32 Å². The highest BCUT2D eigenvalue weighted by Crippen LogP contribution is 2.25. The zero-order valence-corrected chi connectivity index (χ0v) is 17.6. The second-order valence-electron chi connectivity index (χ2n) is 6.95. The molecule has 0 saturated carbocycles. The minimum absolute atomic E-state index is 0.0350. The van der Waals surface area contributed by atoms with Crippen molar-refractivity contribution >= 4 is 27.5 Å². The molecule has 7 nitrogen and oxygen atoms in total. The van der Waals surface area contributed by atoms with Gasteiger partial charge >= 0.3 is 0 Å². The molecule has 2 heterocycles. The first kappa shape index (κ1) is 20.8. The normalized spacial score (nSPS) is 16.2. The number of nitrogens with zero attached hydrogens (tertiary/aromatic N) is 3. The fourth-order valence-corrected chi connectivity index (χ4v) is 4.93. The smallest absolute Gasteiger partial charge is 0.243 e. The van der Waals surface area contributed by atoms with Crippen LogP contribution in [0.5, 0.6) is 0 Å². The van der Waals surface area contributed by atoms with E-state index < -0.39 is 10.0 Å². The van der Waals surface area contributed by atoms with Gasteiger partial charge in [0, 0.05) is 48.9 Å². The van der Waals surface area contributed by atoms with Crippen molar-refractivity contribution in [3.63, 3.8) is 0 Å². The number of carbonyl (C=O) groups excluding carboxylic acids is 1. The van der Waals surface area contributed by atoms with Gasteiger partial charge in [0.1, 0.15) is 0 Å². The van der Waals surface area contributed by atoms with Crippen LogP contribution in [-0.4, -0.2) is 41.5 Å². The summed E-state index contributed by atoms with van der Waals surface area (Å²) in [5.74, 6) is -0.217. The number of sulfonamides is 1. The Balaban J connectivity index is 1.55. The van der Waals surface area contributed by atoms with Crippen molar-refractivity contribution in [2.75, 3.05) is 13.1 Å². The van der Waals surface area contributed by atoms with E-state index in [0.717, 1.165) is 17.8 Å². The van der Waals surface area contributed by atoms with Crippen molar-refractivity contribution in [3.05, 3.63) is 46.7 Å². The van der Waals surface area contributed by atoms with Crippen molar-refractivity contribution in [2.45, 2.75) is 44.7 Å². The molecule has 1 aliphatic heterocycles. The number of piperidine rings is 1. The Morgan fingerprint density at radius 1 is 1.25 bits per heavy atom. The van der Waals surface area contributed by atoms with Crippen molar-refractivity contribution < 1.29 is 13.2 Å². The van der Waals surface area contributed by atoms with Crippen LogP contribution in [0.4, 0.5) is 0 Å². The number of hydrogen-bond donors (Lipinski definition) is 1. The van der Waals surface area contributed by atoms with Crippen LogP contribution < -0.4 is 5.32 Å². The van der Waals surface area contributed by atoms with Crippen LogP contribution in [0.2, 0.25) is 5.02 Å². The Bertz CT molecular complexity index is 933. The summed E-state index contributed by atoms with van der Waals surface area (Å²) in [6, 6.07) is 6.15. The Kier molecular flexibility index (Phi) is 6.42. The van der Waals surface area contributed by atoms with Gasteiger partial charge in [0.05, 0.1) is 10.6 Å². The molecule has 28 heavy (non-hydrogen) atoms. The molecule has 0 atom stereocenters. The molecular weight excluding hydrogens is 400 g/mol. The molecule has 0 unspecified atom stereocenters. The highest BCUT2D eigenvalue weighted by Gasteiger charge is 2.32. The maximum atomic E-state index is 12.7. The van der Waals surface area contributed by atoms with Gasteiger partial charge in [-0.25, -0.2) is 8.42 Å². The zero-order chi connectivity index (χ0) is 20.3. The molecule has 0 radical (unpaired) electrons. The molecular formula is C19H25ClN4O3S. The molecule has 9 heteroatoms. The van der Waals surface area contributed by atoms with Crippen molar-refractivity contribution in [1.29, 1.82) is 0 Å². The largest absolute Gasteiger partial charge is 0.352 e. The van der Waals surface area contributed by atoms with E-state index in [1.54, 1.807) is 12.1 Å². The quantitative estimate of drug-likeness (QED) is 0.772. The van der Waals surface area contributed by atoms with E-state index in [9.17, 15) is 13.2 Å². The van der Waals surface area contributed by atoms with Gasteiger partial charge in [0.2, 0.25) is 15.9 Å². The van der Waals surface area contributed by atoms with Crippen LogP contribution in [0, 0.1) is 12.8 Å². The van der Waals surface area contributed by atoms with Gasteiger partial charge in [-0.1, -0.05) is 11.6 Å². The predicted molar refractivity (Wildman–Crippen MR) is 107 cm³/mol. The fourth-order valence-electron chi connectivity index (χ4n) is 3.34. The number of nitrogens with one attached hydrogen (secondary N) is 1. The summed E-state index contributed by atoms with van der Waals surface area (Å²) in [5.41, 5.74) is 1.91. The molecule has 1 aromatic carbocycles. The zero-order valence-electron chi connectivity index (χ0n) is 16.1. The van der Waals surface area contributed by atoms with Gasteiger partial charge in [0.15, 0.2) is 0 Å². The lowest BCUT2D eigenvalue weighted by Crippen LogP contribution is -2.42. The third-order valence-electron chi connectivity index (χ3n) is 5.10. The highest BCUT2D eigenvalue weighted by molar-refractivity contribution is 7.89. The number of amides is 1. The summed E-state index contributed by atoms with van der Waals surface area (Å²) in [6.07, 6.45) is 2.95. The number of rotatable bonds is 6. The van der Waals surface area contributed by atoms with E-state index in [0.29, 0.717) is 37.5 Å². The van der Waals surface area contributed by atoms with Gasteiger partial charge in [0.25, 0.3) is 0 Å². The van der Waals surface area contributed by atoms with Gasteiger partial charge in [-0.15, -0.1) is 0 Å². The number of hydrogen-bond acceptors (Lipinski definition) is 4. The van der Waals surface area contributed by atoms with E-state index in [2.05, 4.69) is 10.4 Å². The second kappa shape index (κ2) is 8.63. The SMILES string of the molecule is CCn1cc(CNC(=O)C2CCN(S(=O)(=O)c3ccc(Cl)cc3)CC2)c(C)n1. The molecule has 1 aliphatic rings. The Labute approximate surface area is 170 Å². The number of benzene rings is 1. The summed E-state index contributed by atoms with van der Waals surface area (Å²) in [6.45, 7) is 5.82. The molecule has 1 amide bonds. The summed E-state index contributed by atoms with van der Waals surface area (Å²) < 4.78 is 28.7. The molecule has 2 aromatic rings. The topological polar surface area (TPSA) is 84.3 Å². The molecule has 0 aliphatic carbocycles. The Morgan fingerprint density at radius 2 is 1.89 bits per heavy atom. The van der Waals surface area contributed by atoms with Crippen molar-refractivity contribution in [3.8, 4) is 0 Å². The van der Waals surface area contributed by atoms with Crippen LogP contribution in [0.3, 0.4) is 0 Å². The second-order valence-corrected chi connectivity index (χ2v) is 9.32. The summed E-state index contributed by atoms with van der Waals surface area (Å²) in [5, 5.41) is 7.83. The van der Waals surface area contributed by atoms with Gasteiger partial charge in [-0.3, -0.25) is 9.48 Å². The van der Waals surface area contributed by atoms with E-state index in [1.807, 2.05) is 24.7 Å². The van der Waals surface area contributed by atoms with Crippen LogP contribution in [0.15, 0.2) is 35.4 Å². The molecule has 1 saturated heterocycles. The highest BCUT2D eigenvalue weighted by atomic mass is 35.5. The van der Waals surface area contributed by atoms with Gasteiger partial charge in [-0.2, -0.15) is 9.40 Å². The average Bonchev–Trinajstić information content (AvgIpc) is 3.06. The maximum absolute atomic E-state index is 12.7. The van der Waals surface area contributed by atoms with Gasteiger partial charge in [-0.05, 0) is 51.0 Å². The van der Waals surface area contributed by atoms with E-state index >= 15 is 0 Å². The third-order valence-corrected chi connectivity index (χ3v) is 7.27. The molecule has 152 valence electrons. The molecule has 1 aromatic heterocycles. The molecule has 3 rings (SSSR count). The van der Waals surface area contributed by atoms with Crippen LogP contribution in [0.25, 0.3) is 0 Å². The number of halogens is 1. The Hall–Kier alpha value is -1.90. The number of carbonyl (C=O) groups is 1. The minimum Gasteiger partial charge on any atom is -0.352 e. The lowest BCUT2D eigenvalue weighted by atomic mass is 9.97. The number of aromatic nitrogens is 2.